The van der Waals surface area contributed by atoms with Crippen molar-refractivity contribution >= 4 is 51.2 Å². The molecule has 1 N–H and O–H groups in total. The minimum atomic E-state index is -0.782. The highest BCUT2D eigenvalue weighted by Crippen LogP contribution is 2.44. The third kappa shape index (κ3) is 4.66. The Hall–Kier alpha value is -4.23. The van der Waals surface area contributed by atoms with Gasteiger partial charge in [-0.1, -0.05) is 60.7 Å². The molecule has 1 atom stereocenters. The van der Waals surface area contributed by atoms with Gasteiger partial charge < -0.3 is 9.84 Å². The first-order chi connectivity index (χ1) is 17.8. The highest BCUT2D eigenvalue weighted by molar-refractivity contribution is 7.10. The molecule has 4 aromatic rings. The van der Waals surface area contributed by atoms with E-state index in [2.05, 4.69) is 0 Å². The fraction of sp³-hybridized carbons (Fsp3) is 0.167. The van der Waals surface area contributed by atoms with E-state index in [1.807, 2.05) is 53.9 Å². The topological polar surface area (TPSA) is 83.9 Å². The molecule has 0 bridgehead atoms. The number of fused-ring (bicyclic) bond motifs is 1. The molecule has 6 nitrogen and oxygen atoms in total. The normalized spacial score (nSPS) is 17.1. The lowest BCUT2D eigenvalue weighted by atomic mass is 9.96. The van der Waals surface area contributed by atoms with Crippen LogP contribution in [0.4, 0.5) is 5.69 Å². The Morgan fingerprint density at radius 3 is 2.41 bits per heavy atom. The number of hydrogen-bond acceptors (Lipinski definition) is 6. The number of rotatable bonds is 6. The highest BCUT2D eigenvalue weighted by Gasteiger charge is 2.47. The van der Waals surface area contributed by atoms with Gasteiger partial charge in [-0.25, -0.2) is 0 Å². The fourth-order valence-electron chi connectivity index (χ4n) is 4.64. The van der Waals surface area contributed by atoms with E-state index in [-0.39, 0.29) is 29.8 Å². The molecule has 1 amide bonds. The minimum absolute atomic E-state index is 0.0494. The van der Waals surface area contributed by atoms with Gasteiger partial charge in [0.1, 0.15) is 11.8 Å². The van der Waals surface area contributed by atoms with Crippen LogP contribution in [-0.4, -0.2) is 28.9 Å². The molecule has 1 unspecified atom stereocenters. The number of benzene rings is 3. The molecule has 1 saturated heterocycles. The van der Waals surface area contributed by atoms with Crippen LogP contribution in [0.3, 0.4) is 0 Å². The van der Waals surface area contributed by atoms with Gasteiger partial charge in [0.25, 0.3) is 11.7 Å². The van der Waals surface area contributed by atoms with Gasteiger partial charge in [0.05, 0.1) is 18.1 Å². The average Bonchev–Trinajstić information content (AvgIpc) is 3.50. The Bertz CT molecular complexity index is 1510. The second kappa shape index (κ2) is 10.0. The SMILES string of the molecule is CC(C)OC(=O)Cc1ccc(N2C(=O)C(=O)/C(=C(\O)c3cccc4ccccc34)C2c2cccs2)cc1. The van der Waals surface area contributed by atoms with E-state index in [1.165, 1.54) is 16.2 Å². The van der Waals surface area contributed by atoms with Crippen molar-refractivity contribution in [3.05, 3.63) is 106 Å². The number of thiophene rings is 1. The lowest BCUT2D eigenvalue weighted by Gasteiger charge is -2.24. The lowest BCUT2D eigenvalue weighted by molar-refractivity contribution is -0.146. The van der Waals surface area contributed by atoms with Gasteiger partial charge in [-0.05, 0) is 53.8 Å². The lowest BCUT2D eigenvalue weighted by Crippen LogP contribution is -2.29. The zero-order chi connectivity index (χ0) is 26.1. The molecule has 1 aliphatic rings. The predicted molar refractivity (Wildman–Crippen MR) is 144 cm³/mol. The van der Waals surface area contributed by atoms with Crippen molar-refractivity contribution in [1.29, 1.82) is 0 Å². The molecule has 1 fully saturated rings. The summed E-state index contributed by atoms with van der Waals surface area (Å²) in [5.41, 5.74) is 1.78. The van der Waals surface area contributed by atoms with E-state index in [4.69, 9.17) is 4.74 Å². The number of hydrogen-bond donors (Lipinski definition) is 1. The van der Waals surface area contributed by atoms with Crippen LogP contribution in [0.15, 0.2) is 89.8 Å². The van der Waals surface area contributed by atoms with Crippen molar-refractivity contribution in [1.82, 2.24) is 0 Å². The Labute approximate surface area is 218 Å². The molecule has 3 aromatic carbocycles. The zero-order valence-corrected chi connectivity index (χ0v) is 21.2. The van der Waals surface area contributed by atoms with Crippen molar-refractivity contribution in [2.75, 3.05) is 4.90 Å². The number of nitrogens with zero attached hydrogens (tertiary/aromatic N) is 1. The van der Waals surface area contributed by atoms with Crippen molar-refractivity contribution < 1.29 is 24.2 Å². The van der Waals surface area contributed by atoms with Crippen LogP contribution in [0.2, 0.25) is 0 Å². The standard InChI is InChI=1S/C30H25NO5S/c1-18(2)36-25(32)17-19-12-14-21(15-13-19)31-27(24-11-6-16-37-24)26(29(34)30(31)35)28(33)23-10-5-8-20-7-3-4-9-22(20)23/h3-16,18,27,33H,17H2,1-2H3/b28-26-. The van der Waals surface area contributed by atoms with Crippen molar-refractivity contribution in [2.24, 2.45) is 0 Å². The molecule has 7 heteroatoms. The van der Waals surface area contributed by atoms with Gasteiger partial charge in [0.2, 0.25) is 0 Å². The Morgan fingerprint density at radius 2 is 1.70 bits per heavy atom. The quantitative estimate of drug-likeness (QED) is 0.148. The van der Waals surface area contributed by atoms with E-state index in [0.717, 1.165) is 21.2 Å². The van der Waals surface area contributed by atoms with E-state index in [9.17, 15) is 19.5 Å². The summed E-state index contributed by atoms with van der Waals surface area (Å²) in [6.07, 6.45) is -0.0987. The van der Waals surface area contributed by atoms with Crippen LogP contribution in [-0.2, 0) is 25.5 Å². The Morgan fingerprint density at radius 1 is 0.973 bits per heavy atom. The first-order valence-electron chi connectivity index (χ1n) is 12.0. The molecule has 5 rings (SSSR count). The number of anilines is 1. The molecular formula is C30H25NO5S. The second-order valence-corrected chi connectivity index (χ2v) is 10.1. The number of ketones is 1. The number of carbonyl (C=O) groups excluding carboxylic acids is 3. The molecule has 0 saturated carbocycles. The van der Waals surface area contributed by atoms with Crippen LogP contribution in [0.1, 0.15) is 35.9 Å². The predicted octanol–water partition coefficient (Wildman–Crippen LogP) is 6.02. The molecular weight excluding hydrogens is 486 g/mol. The van der Waals surface area contributed by atoms with Gasteiger partial charge in [-0.3, -0.25) is 19.3 Å². The number of carbonyl (C=O) groups is 3. The number of Topliss-reactive ketones (excluding diaryl/α,β-unsaturated/α-hetero) is 1. The van der Waals surface area contributed by atoms with Gasteiger partial charge in [-0.15, -0.1) is 11.3 Å². The van der Waals surface area contributed by atoms with Gasteiger partial charge in [0.15, 0.2) is 0 Å². The minimum Gasteiger partial charge on any atom is -0.507 e. The average molecular weight is 512 g/mol. The smallest absolute Gasteiger partial charge is 0.310 e. The van der Waals surface area contributed by atoms with Crippen LogP contribution in [0.25, 0.3) is 16.5 Å². The summed E-state index contributed by atoms with van der Waals surface area (Å²) in [6.45, 7) is 3.58. The summed E-state index contributed by atoms with van der Waals surface area (Å²) in [5.74, 6) is -2.00. The van der Waals surface area contributed by atoms with Crippen LogP contribution in [0.5, 0.6) is 0 Å². The summed E-state index contributed by atoms with van der Waals surface area (Å²) >= 11 is 1.41. The number of aliphatic hydroxyl groups is 1. The largest absolute Gasteiger partial charge is 0.507 e. The van der Waals surface area contributed by atoms with E-state index in [1.54, 1.807) is 44.2 Å². The summed E-state index contributed by atoms with van der Waals surface area (Å²) in [7, 11) is 0. The monoisotopic (exact) mass is 511 g/mol. The second-order valence-electron chi connectivity index (χ2n) is 9.09. The maximum atomic E-state index is 13.4. The van der Waals surface area contributed by atoms with E-state index >= 15 is 0 Å². The molecule has 2 heterocycles. The maximum Gasteiger partial charge on any atom is 0.310 e. The van der Waals surface area contributed by atoms with Crippen molar-refractivity contribution in [3.63, 3.8) is 0 Å². The summed E-state index contributed by atoms with van der Waals surface area (Å²) in [5, 5.41) is 15.1. The molecule has 0 aliphatic carbocycles. The third-order valence-electron chi connectivity index (χ3n) is 6.23. The van der Waals surface area contributed by atoms with Crippen LogP contribution in [0, 0.1) is 0 Å². The number of esters is 1. The van der Waals surface area contributed by atoms with Crippen molar-refractivity contribution in [2.45, 2.75) is 32.4 Å². The van der Waals surface area contributed by atoms with Gasteiger partial charge in [0, 0.05) is 16.1 Å². The first kappa shape index (κ1) is 24.5. The van der Waals surface area contributed by atoms with Crippen LogP contribution < -0.4 is 4.90 Å². The Kier molecular flexibility index (Phi) is 6.63. The molecule has 0 radical (unpaired) electrons. The van der Waals surface area contributed by atoms with Gasteiger partial charge >= 0.3 is 5.97 Å². The molecule has 0 spiro atoms. The third-order valence-corrected chi connectivity index (χ3v) is 7.16. The molecule has 186 valence electrons. The summed E-state index contributed by atoms with van der Waals surface area (Å²) < 4.78 is 5.21. The summed E-state index contributed by atoms with van der Waals surface area (Å²) in [4.78, 5) is 41.0. The fourth-order valence-corrected chi connectivity index (χ4v) is 5.46. The highest BCUT2D eigenvalue weighted by atomic mass is 32.1. The van der Waals surface area contributed by atoms with E-state index < -0.39 is 17.7 Å². The number of amides is 1. The van der Waals surface area contributed by atoms with Crippen LogP contribution >= 0.6 is 11.3 Å². The molecule has 1 aromatic heterocycles. The van der Waals surface area contributed by atoms with Crippen molar-refractivity contribution in [3.8, 4) is 0 Å². The first-order valence-corrected chi connectivity index (χ1v) is 12.8. The zero-order valence-electron chi connectivity index (χ0n) is 20.4. The van der Waals surface area contributed by atoms with E-state index in [0.29, 0.717) is 11.3 Å². The summed E-state index contributed by atoms with van der Waals surface area (Å²) in [6, 6.07) is 22.9. The van der Waals surface area contributed by atoms with Gasteiger partial charge in [-0.2, -0.15) is 0 Å². The molecule has 1 aliphatic heterocycles. The number of ether oxygens (including phenoxy) is 1. The number of aliphatic hydroxyl groups excluding tert-OH is 1. The molecule has 37 heavy (non-hydrogen) atoms. The Balaban J connectivity index is 1.58. The maximum absolute atomic E-state index is 13.4.